The monoisotopic (exact) mass is 402 g/mol. The SMILES string of the molecule is COc1cc(/C=C2/C(C)=C(CC(=O)Cl)c3cc(F)ccc32)cc(OC)c1OC. The molecule has 0 fully saturated rings. The van der Waals surface area contributed by atoms with Crippen LogP contribution >= 0.6 is 11.6 Å². The number of ether oxygens (including phenoxy) is 3. The molecule has 0 unspecified atom stereocenters. The molecule has 0 amide bonds. The first-order valence-electron chi connectivity index (χ1n) is 8.60. The van der Waals surface area contributed by atoms with E-state index in [9.17, 15) is 9.18 Å². The van der Waals surface area contributed by atoms with Crippen molar-refractivity contribution in [3.05, 3.63) is 58.4 Å². The summed E-state index contributed by atoms with van der Waals surface area (Å²) in [5, 5.41) is -0.487. The summed E-state index contributed by atoms with van der Waals surface area (Å²) in [6.45, 7) is 1.90. The van der Waals surface area contributed by atoms with Gasteiger partial charge in [0.05, 0.1) is 21.3 Å². The Morgan fingerprint density at radius 1 is 1.04 bits per heavy atom. The van der Waals surface area contributed by atoms with E-state index in [1.54, 1.807) is 27.4 Å². The molecule has 0 atom stereocenters. The molecule has 0 saturated heterocycles. The average molecular weight is 403 g/mol. The molecule has 4 nitrogen and oxygen atoms in total. The van der Waals surface area contributed by atoms with Crippen LogP contribution in [0.15, 0.2) is 35.9 Å². The maximum absolute atomic E-state index is 13.8. The molecule has 146 valence electrons. The molecule has 0 radical (unpaired) electrons. The van der Waals surface area contributed by atoms with E-state index in [0.29, 0.717) is 22.8 Å². The van der Waals surface area contributed by atoms with Crippen LogP contribution in [-0.4, -0.2) is 26.6 Å². The average Bonchev–Trinajstić information content (AvgIpc) is 2.91. The number of fused-ring (bicyclic) bond motifs is 1. The Hall–Kier alpha value is -2.79. The number of methoxy groups -OCH3 is 3. The fourth-order valence-electron chi connectivity index (χ4n) is 3.47. The molecule has 0 heterocycles. The first-order valence-corrected chi connectivity index (χ1v) is 8.97. The maximum atomic E-state index is 13.8. The van der Waals surface area contributed by atoms with Gasteiger partial charge < -0.3 is 14.2 Å². The molecule has 1 aliphatic carbocycles. The molecule has 28 heavy (non-hydrogen) atoms. The van der Waals surface area contributed by atoms with Crippen LogP contribution < -0.4 is 14.2 Å². The van der Waals surface area contributed by atoms with Crippen molar-refractivity contribution in [1.82, 2.24) is 0 Å². The number of benzene rings is 2. The van der Waals surface area contributed by atoms with Gasteiger partial charge in [0.1, 0.15) is 5.82 Å². The van der Waals surface area contributed by atoms with E-state index in [1.807, 2.05) is 25.1 Å². The first-order chi connectivity index (χ1) is 13.4. The molecule has 2 aromatic carbocycles. The van der Waals surface area contributed by atoms with E-state index >= 15 is 0 Å². The Balaban J connectivity index is 2.19. The van der Waals surface area contributed by atoms with Crippen LogP contribution in [0.5, 0.6) is 17.2 Å². The molecule has 0 aliphatic heterocycles. The molecule has 6 heteroatoms. The van der Waals surface area contributed by atoms with Crippen molar-refractivity contribution in [2.75, 3.05) is 21.3 Å². The number of hydrogen-bond acceptors (Lipinski definition) is 4. The predicted molar refractivity (Wildman–Crippen MR) is 108 cm³/mol. The van der Waals surface area contributed by atoms with Crippen molar-refractivity contribution >= 4 is 34.1 Å². The number of halogens is 2. The lowest BCUT2D eigenvalue weighted by Crippen LogP contribution is -1.95. The smallest absolute Gasteiger partial charge is 0.226 e. The number of carbonyl (C=O) groups is 1. The van der Waals surface area contributed by atoms with Gasteiger partial charge in [-0.25, -0.2) is 4.39 Å². The highest BCUT2D eigenvalue weighted by Gasteiger charge is 2.25. The minimum Gasteiger partial charge on any atom is -0.493 e. The van der Waals surface area contributed by atoms with Gasteiger partial charge in [-0.05, 0) is 82.3 Å². The first kappa shape index (κ1) is 20.0. The lowest BCUT2D eigenvalue weighted by Gasteiger charge is -2.13. The van der Waals surface area contributed by atoms with E-state index in [2.05, 4.69) is 0 Å². The normalized spacial score (nSPS) is 14.3. The summed E-state index contributed by atoms with van der Waals surface area (Å²) in [4.78, 5) is 11.5. The van der Waals surface area contributed by atoms with Gasteiger partial charge in [-0.15, -0.1) is 0 Å². The molecular formula is C22H20ClFO4. The Kier molecular flexibility index (Phi) is 5.75. The van der Waals surface area contributed by atoms with Crippen molar-refractivity contribution in [3.63, 3.8) is 0 Å². The second-order valence-corrected chi connectivity index (χ2v) is 6.76. The van der Waals surface area contributed by atoms with Gasteiger partial charge in [0.15, 0.2) is 11.5 Å². The van der Waals surface area contributed by atoms with E-state index in [-0.39, 0.29) is 12.2 Å². The highest BCUT2D eigenvalue weighted by molar-refractivity contribution is 6.64. The van der Waals surface area contributed by atoms with Crippen LogP contribution in [-0.2, 0) is 4.79 Å². The zero-order chi connectivity index (χ0) is 20.4. The highest BCUT2D eigenvalue weighted by atomic mass is 35.5. The Bertz CT molecular complexity index is 983. The van der Waals surface area contributed by atoms with E-state index in [4.69, 9.17) is 25.8 Å². The summed E-state index contributed by atoms with van der Waals surface area (Å²) in [6, 6.07) is 8.21. The van der Waals surface area contributed by atoms with Gasteiger partial charge in [-0.1, -0.05) is 6.07 Å². The second-order valence-electron chi connectivity index (χ2n) is 6.34. The summed E-state index contributed by atoms with van der Waals surface area (Å²) in [7, 11) is 4.65. The number of rotatable bonds is 6. The number of hydrogen-bond donors (Lipinski definition) is 0. The minimum absolute atomic E-state index is 0.0381. The molecule has 3 rings (SSSR count). The van der Waals surface area contributed by atoms with E-state index < -0.39 is 5.24 Å². The third kappa shape index (κ3) is 3.62. The summed E-state index contributed by atoms with van der Waals surface area (Å²) >= 11 is 5.62. The van der Waals surface area contributed by atoms with Crippen molar-refractivity contribution in [2.45, 2.75) is 13.3 Å². The van der Waals surface area contributed by atoms with Crippen LogP contribution in [0.2, 0.25) is 0 Å². The lowest BCUT2D eigenvalue weighted by atomic mass is 10.00. The third-order valence-electron chi connectivity index (χ3n) is 4.77. The van der Waals surface area contributed by atoms with Crippen LogP contribution in [0, 0.1) is 5.82 Å². The predicted octanol–water partition coefficient (Wildman–Crippen LogP) is 5.33. The molecule has 0 N–H and O–H groups in total. The number of allylic oxidation sites excluding steroid dienone is 3. The minimum atomic E-state index is -0.487. The Labute approximate surface area is 168 Å². The van der Waals surface area contributed by atoms with Crippen LogP contribution in [0.1, 0.15) is 30.0 Å². The summed E-state index contributed by atoms with van der Waals surface area (Å²) in [5.74, 6) is 1.20. The van der Waals surface area contributed by atoms with E-state index in [0.717, 1.165) is 27.8 Å². The molecule has 0 spiro atoms. The van der Waals surface area contributed by atoms with Gasteiger partial charge in [0, 0.05) is 6.42 Å². The summed E-state index contributed by atoms with van der Waals surface area (Å²) < 4.78 is 30.0. The number of carbonyl (C=O) groups excluding carboxylic acids is 1. The van der Waals surface area contributed by atoms with Crippen molar-refractivity contribution in [3.8, 4) is 17.2 Å². The van der Waals surface area contributed by atoms with Crippen molar-refractivity contribution in [1.29, 1.82) is 0 Å². The molecule has 1 aliphatic rings. The van der Waals surface area contributed by atoms with Crippen molar-refractivity contribution in [2.24, 2.45) is 0 Å². The lowest BCUT2D eigenvalue weighted by molar-refractivity contribution is -0.110. The van der Waals surface area contributed by atoms with Crippen LogP contribution in [0.4, 0.5) is 4.39 Å². The van der Waals surface area contributed by atoms with Crippen LogP contribution in [0.25, 0.3) is 17.2 Å². The second kappa shape index (κ2) is 8.07. The Morgan fingerprint density at radius 2 is 1.68 bits per heavy atom. The standard InChI is InChI=1S/C22H20ClFO4/c1-12-16(7-13-8-19(26-2)22(28-4)20(9-13)27-3)15-6-5-14(24)10-18(15)17(12)11-21(23)25/h5-10H,11H2,1-4H3/b16-7-. The molecule has 0 bridgehead atoms. The molecule has 2 aromatic rings. The fourth-order valence-corrected chi connectivity index (χ4v) is 3.61. The largest absolute Gasteiger partial charge is 0.493 e. The van der Waals surface area contributed by atoms with E-state index in [1.165, 1.54) is 12.1 Å². The summed E-state index contributed by atoms with van der Waals surface area (Å²) in [5.41, 5.74) is 4.84. The van der Waals surface area contributed by atoms with Gasteiger partial charge in [0.2, 0.25) is 11.0 Å². The maximum Gasteiger partial charge on any atom is 0.226 e. The molecular weight excluding hydrogens is 383 g/mol. The van der Waals surface area contributed by atoms with Gasteiger partial charge in [-0.2, -0.15) is 0 Å². The van der Waals surface area contributed by atoms with Gasteiger partial charge >= 0.3 is 0 Å². The van der Waals surface area contributed by atoms with Gasteiger partial charge in [-0.3, -0.25) is 4.79 Å². The molecule has 0 aromatic heterocycles. The third-order valence-corrected chi connectivity index (χ3v) is 4.90. The Morgan fingerprint density at radius 3 is 2.21 bits per heavy atom. The fraction of sp³-hybridized carbons (Fsp3) is 0.227. The van der Waals surface area contributed by atoms with Gasteiger partial charge in [0.25, 0.3) is 0 Å². The zero-order valence-corrected chi connectivity index (χ0v) is 16.8. The van der Waals surface area contributed by atoms with Crippen molar-refractivity contribution < 1.29 is 23.4 Å². The molecule has 0 saturated carbocycles. The topological polar surface area (TPSA) is 44.8 Å². The summed E-state index contributed by atoms with van der Waals surface area (Å²) in [6.07, 6.45) is 1.98. The highest BCUT2D eigenvalue weighted by Crippen LogP contribution is 2.45. The zero-order valence-electron chi connectivity index (χ0n) is 16.1. The van der Waals surface area contributed by atoms with Crippen LogP contribution in [0.3, 0.4) is 0 Å². The quantitative estimate of drug-likeness (QED) is 0.612.